The van der Waals surface area contributed by atoms with E-state index in [-0.39, 0.29) is 18.4 Å². The molecule has 1 amide bonds. The molecule has 1 unspecified atom stereocenters. The topological polar surface area (TPSA) is 112 Å². The number of nitrogens with one attached hydrogen (secondary N) is 1. The molecule has 2 rings (SSSR count). The van der Waals surface area contributed by atoms with Gasteiger partial charge in [-0.3, -0.25) is 24.3 Å². The molecule has 8 heteroatoms. The molecule has 1 aliphatic rings. The minimum Gasteiger partial charge on any atom is -0.481 e. The molecule has 1 aliphatic heterocycles. The third-order valence-corrected chi connectivity index (χ3v) is 3.54. The van der Waals surface area contributed by atoms with E-state index in [2.05, 4.69) is 5.10 Å². The van der Waals surface area contributed by atoms with Crippen molar-refractivity contribution in [2.75, 3.05) is 13.1 Å². The zero-order chi connectivity index (χ0) is 14.9. The number of carbonyl (C=O) groups excluding carboxylic acids is 1. The summed E-state index contributed by atoms with van der Waals surface area (Å²) in [5, 5.41) is 11.1. The maximum atomic E-state index is 11.9. The third-order valence-electron chi connectivity index (χ3n) is 3.54. The van der Waals surface area contributed by atoms with Gasteiger partial charge in [0.2, 0.25) is 5.91 Å². The number of aliphatic carboxylic acids is 1. The van der Waals surface area contributed by atoms with E-state index in [1.165, 1.54) is 4.90 Å². The van der Waals surface area contributed by atoms with Crippen LogP contribution in [0.5, 0.6) is 0 Å². The molecular weight excluding hydrogens is 266 g/mol. The van der Waals surface area contributed by atoms with Crippen molar-refractivity contribution in [3.05, 3.63) is 32.8 Å². The van der Waals surface area contributed by atoms with Crippen LogP contribution in [0.3, 0.4) is 0 Å². The van der Waals surface area contributed by atoms with Gasteiger partial charge in [0, 0.05) is 31.1 Å². The van der Waals surface area contributed by atoms with Gasteiger partial charge in [0.1, 0.15) is 6.54 Å². The monoisotopic (exact) mass is 281 g/mol. The van der Waals surface area contributed by atoms with Gasteiger partial charge < -0.3 is 10.0 Å². The number of nitrogens with zero attached hydrogens (tertiary/aromatic N) is 2. The Bertz CT molecular complexity index is 641. The molecule has 0 radical (unpaired) electrons. The summed E-state index contributed by atoms with van der Waals surface area (Å²) in [6, 6.07) is 2.19. The predicted octanol–water partition coefficient (Wildman–Crippen LogP) is -1.28. The van der Waals surface area contributed by atoms with E-state index in [1.807, 2.05) is 0 Å². The number of carboxylic acid groups (broad SMARTS) is 1. The van der Waals surface area contributed by atoms with Gasteiger partial charge in [0.05, 0.1) is 5.92 Å². The van der Waals surface area contributed by atoms with Crippen LogP contribution in [0.15, 0.2) is 21.7 Å². The smallest absolute Gasteiger partial charge is 0.306 e. The van der Waals surface area contributed by atoms with Gasteiger partial charge in [-0.15, -0.1) is 0 Å². The highest BCUT2D eigenvalue weighted by molar-refractivity contribution is 5.77. The van der Waals surface area contributed by atoms with Gasteiger partial charge >= 0.3 is 5.97 Å². The molecule has 0 saturated carbocycles. The molecule has 0 aromatic carbocycles. The van der Waals surface area contributed by atoms with Crippen molar-refractivity contribution in [2.24, 2.45) is 11.8 Å². The van der Waals surface area contributed by atoms with Crippen molar-refractivity contribution in [1.82, 2.24) is 14.7 Å². The summed E-state index contributed by atoms with van der Waals surface area (Å²) in [4.78, 5) is 46.7. The summed E-state index contributed by atoms with van der Waals surface area (Å²) < 4.78 is 0.943. The minimum absolute atomic E-state index is 0.0667. The van der Waals surface area contributed by atoms with Crippen molar-refractivity contribution < 1.29 is 14.7 Å². The van der Waals surface area contributed by atoms with Gasteiger partial charge in [0.25, 0.3) is 11.1 Å². The Kier molecular flexibility index (Phi) is 3.73. The zero-order valence-electron chi connectivity index (χ0n) is 10.9. The molecule has 8 nitrogen and oxygen atoms in total. The summed E-state index contributed by atoms with van der Waals surface area (Å²) in [6.07, 6.45) is 0. The van der Waals surface area contributed by atoms with E-state index in [4.69, 9.17) is 5.11 Å². The van der Waals surface area contributed by atoms with E-state index >= 15 is 0 Å². The second-order valence-electron chi connectivity index (χ2n) is 4.92. The maximum absolute atomic E-state index is 11.9. The highest BCUT2D eigenvalue weighted by atomic mass is 16.4. The number of H-pyrrole nitrogens is 1. The average Bonchev–Trinajstić information content (AvgIpc) is 2.31. The number of hydrogen-bond acceptors (Lipinski definition) is 4. The number of aromatic amines is 1. The second kappa shape index (κ2) is 5.32. The van der Waals surface area contributed by atoms with Crippen LogP contribution in [-0.2, 0) is 16.1 Å². The Morgan fingerprint density at radius 3 is 2.65 bits per heavy atom. The highest BCUT2D eigenvalue weighted by Crippen LogP contribution is 2.24. The average molecular weight is 281 g/mol. The van der Waals surface area contributed by atoms with Crippen LogP contribution in [0.4, 0.5) is 0 Å². The molecule has 1 aromatic rings. The van der Waals surface area contributed by atoms with Gasteiger partial charge in [0.15, 0.2) is 0 Å². The Balaban J connectivity index is 1.95. The molecule has 2 heterocycles. The van der Waals surface area contributed by atoms with E-state index in [0.29, 0.717) is 13.1 Å². The zero-order valence-corrected chi connectivity index (χ0v) is 10.9. The van der Waals surface area contributed by atoms with Crippen molar-refractivity contribution in [3.8, 4) is 0 Å². The lowest BCUT2D eigenvalue weighted by atomic mass is 9.87. The van der Waals surface area contributed by atoms with Crippen molar-refractivity contribution in [3.63, 3.8) is 0 Å². The summed E-state index contributed by atoms with van der Waals surface area (Å²) in [6.45, 7) is 2.08. The van der Waals surface area contributed by atoms with Gasteiger partial charge in [-0.05, 0) is 0 Å². The van der Waals surface area contributed by atoms with Crippen LogP contribution in [0.2, 0.25) is 0 Å². The first-order valence-corrected chi connectivity index (χ1v) is 6.19. The molecule has 0 aliphatic carbocycles. The lowest BCUT2D eigenvalue weighted by Gasteiger charge is -2.41. The molecule has 1 fully saturated rings. The fraction of sp³-hybridized carbons (Fsp3) is 0.500. The van der Waals surface area contributed by atoms with Crippen molar-refractivity contribution >= 4 is 11.9 Å². The fourth-order valence-corrected chi connectivity index (χ4v) is 2.05. The number of hydrogen-bond donors (Lipinski definition) is 2. The van der Waals surface area contributed by atoms with E-state index < -0.39 is 23.0 Å². The van der Waals surface area contributed by atoms with Crippen LogP contribution in [0.25, 0.3) is 0 Å². The van der Waals surface area contributed by atoms with Crippen LogP contribution >= 0.6 is 0 Å². The summed E-state index contributed by atoms with van der Waals surface area (Å²) in [5.41, 5.74) is -0.924. The number of carboxylic acids is 1. The standard InChI is InChI=1S/C12H15N3O5/c1-7(12(19)20)8-4-14(5-8)11(18)6-15-10(17)3-2-9(16)13-15/h2-3,7-8H,4-6H2,1H3,(H,13,16)(H,19,20). The summed E-state index contributed by atoms with van der Waals surface area (Å²) >= 11 is 0. The van der Waals surface area contributed by atoms with Crippen LogP contribution < -0.4 is 11.1 Å². The molecule has 1 atom stereocenters. The first kappa shape index (κ1) is 14.0. The van der Waals surface area contributed by atoms with Crippen LogP contribution in [0.1, 0.15) is 6.92 Å². The van der Waals surface area contributed by atoms with Gasteiger partial charge in [-0.25, -0.2) is 4.68 Å². The molecule has 1 aromatic heterocycles. The number of aromatic nitrogens is 2. The van der Waals surface area contributed by atoms with Crippen molar-refractivity contribution in [2.45, 2.75) is 13.5 Å². The van der Waals surface area contributed by atoms with Crippen molar-refractivity contribution in [1.29, 1.82) is 0 Å². The van der Waals surface area contributed by atoms with Gasteiger partial charge in [-0.1, -0.05) is 6.92 Å². The van der Waals surface area contributed by atoms with E-state index in [1.54, 1.807) is 6.92 Å². The first-order chi connectivity index (χ1) is 9.38. The Morgan fingerprint density at radius 2 is 2.05 bits per heavy atom. The Hall–Kier alpha value is -2.38. The van der Waals surface area contributed by atoms with Crippen LogP contribution in [-0.4, -0.2) is 44.8 Å². The number of rotatable bonds is 4. The Morgan fingerprint density at radius 1 is 1.40 bits per heavy atom. The SMILES string of the molecule is CC(C(=O)O)C1CN(C(=O)Cn2[nH]c(=O)ccc2=O)C1. The summed E-state index contributed by atoms with van der Waals surface area (Å²) in [7, 11) is 0. The summed E-state index contributed by atoms with van der Waals surface area (Å²) in [5.74, 6) is -1.77. The van der Waals surface area contributed by atoms with E-state index in [9.17, 15) is 19.2 Å². The largest absolute Gasteiger partial charge is 0.481 e. The predicted molar refractivity (Wildman–Crippen MR) is 68.2 cm³/mol. The molecule has 0 spiro atoms. The number of amides is 1. The number of carbonyl (C=O) groups is 2. The fourth-order valence-electron chi connectivity index (χ4n) is 2.05. The van der Waals surface area contributed by atoms with Gasteiger partial charge in [-0.2, -0.15) is 0 Å². The first-order valence-electron chi connectivity index (χ1n) is 6.19. The molecule has 108 valence electrons. The lowest BCUT2D eigenvalue weighted by Crippen LogP contribution is -2.54. The normalized spacial score (nSPS) is 16.6. The minimum atomic E-state index is -0.884. The molecule has 1 saturated heterocycles. The highest BCUT2D eigenvalue weighted by Gasteiger charge is 2.37. The third kappa shape index (κ3) is 2.79. The quantitative estimate of drug-likeness (QED) is 0.713. The molecule has 20 heavy (non-hydrogen) atoms. The molecular formula is C12H15N3O5. The molecule has 0 bridgehead atoms. The second-order valence-corrected chi connectivity index (χ2v) is 4.92. The van der Waals surface area contributed by atoms with E-state index in [0.717, 1.165) is 16.8 Å². The lowest BCUT2D eigenvalue weighted by molar-refractivity contribution is -0.150. The maximum Gasteiger partial charge on any atom is 0.306 e. The van der Waals surface area contributed by atoms with Crippen LogP contribution in [0, 0.1) is 11.8 Å². The Labute approximate surface area is 113 Å². The number of likely N-dealkylation sites (tertiary alicyclic amines) is 1. The molecule has 2 N–H and O–H groups in total.